The Kier molecular flexibility index (Phi) is 7.41. The second-order valence-electron chi connectivity index (χ2n) is 8.62. The van der Waals surface area contributed by atoms with E-state index in [0.29, 0.717) is 26.3 Å². The molecule has 0 bridgehead atoms. The van der Waals surface area contributed by atoms with Crippen LogP contribution in [0.4, 0.5) is 0 Å². The number of nitrogens with zero attached hydrogens (tertiary/aromatic N) is 1. The van der Waals surface area contributed by atoms with Gasteiger partial charge in [0.1, 0.15) is 0 Å². The van der Waals surface area contributed by atoms with Crippen LogP contribution in [0.15, 0.2) is 17.5 Å². The Balaban J connectivity index is 1.10. The van der Waals surface area contributed by atoms with Crippen molar-refractivity contribution < 1.29 is 19.1 Å². The Labute approximate surface area is 182 Å². The van der Waals surface area contributed by atoms with Crippen LogP contribution in [-0.2, 0) is 25.5 Å². The maximum absolute atomic E-state index is 12.5. The van der Waals surface area contributed by atoms with E-state index in [1.165, 1.54) is 4.88 Å². The highest BCUT2D eigenvalue weighted by Gasteiger charge is 2.40. The summed E-state index contributed by atoms with van der Waals surface area (Å²) in [7, 11) is 0. The van der Waals surface area contributed by atoms with Crippen molar-refractivity contribution in [2.45, 2.75) is 56.8 Å². The number of amides is 2. The van der Waals surface area contributed by atoms with Crippen LogP contribution in [0, 0.1) is 5.92 Å². The minimum atomic E-state index is -0.381. The van der Waals surface area contributed by atoms with Crippen molar-refractivity contribution in [1.82, 2.24) is 15.5 Å². The molecule has 0 aromatic carbocycles. The predicted molar refractivity (Wildman–Crippen MR) is 115 cm³/mol. The van der Waals surface area contributed by atoms with Crippen LogP contribution < -0.4 is 10.6 Å². The summed E-state index contributed by atoms with van der Waals surface area (Å²) in [4.78, 5) is 28.3. The lowest BCUT2D eigenvalue weighted by Gasteiger charge is -2.36. The van der Waals surface area contributed by atoms with Crippen molar-refractivity contribution in [3.05, 3.63) is 22.4 Å². The van der Waals surface area contributed by atoms with E-state index in [9.17, 15) is 9.59 Å². The fourth-order valence-electron chi connectivity index (χ4n) is 4.73. The van der Waals surface area contributed by atoms with Crippen LogP contribution in [0.5, 0.6) is 0 Å². The summed E-state index contributed by atoms with van der Waals surface area (Å²) in [5.74, 6) is -0.0761. The maximum Gasteiger partial charge on any atom is 0.234 e. The first-order valence-electron chi connectivity index (χ1n) is 11.2. The number of likely N-dealkylation sites (tertiary alicyclic amines) is 1. The van der Waals surface area contributed by atoms with Gasteiger partial charge in [-0.3, -0.25) is 14.5 Å². The van der Waals surface area contributed by atoms with Gasteiger partial charge < -0.3 is 20.1 Å². The number of rotatable bonds is 7. The van der Waals surface area contributed by atoms with E-state index < -0.39 is 0 Å². The lowest BCUT2D eigenvalue weighted by Crippen LogP contribution is -2.48. The van der Waals surface area contributed by atoms with Crippen LogP contribution in [-0.4, -0.2) is 67.9 Å². The van der Waals surface area contributed by atoms with Gasteiger partial charge in [-0.05, 0) is 56.6 Å². The molecule has 166 valence electrons. The molecule has 1 aromatic rings. The molecule has 3 heterocycles. The molecule has 3 fully saturated rings. The fourth-order valence-corrected chi connectivity index (χ4v) is 5.43. The summed E-state index contributed by atoms with van der Waals surface area (Å²) >= 11 is 1.72. The number of hydrogen-bond donors (Lipinski definition) is 2. The molecule has 1 aromatic heterocycles. The smallest absolute Gasteiger partial charge is 0.234 e. The molecule has 2 amide bonds. The van der Waals surface area contributed by atoms with Crippen LogP contribution in [0.2, 0.25) is 0 Å². The summed E-state index contributed by atoms with van der Waals surface area (Å²) in [5.41, 5.74) is 0. The molecular formula is C22H33N3O4S. The predicted octanol–water partition coefficient (Wildman–Crippen LogP) is 1.92. The van der Waals surface area contributed by atoms with E-state index in [-0.39, 0.29) is 29.6 Å². The van der Waals surface area contributed by atoms with Crippen LogP contribution in [0.3, 0.4) is 0 Å². The van der Waals surface area contributed by atoms with Gasteiger partial charge in [0.2, 0.25) is 11.8 Å². The number of hydrogen-bond acceptors (Lipinski definition) is 6. The molecule has 0 radical (unpaired) electrons. The second-order valence-corrected chi connectivity index (χ2v) is 9.65. The van der Waals surface area contributed by atoms with E-state index in [2.05, 4.69) is 27.0 Å². The second kappa shape index (κ2) is 10.2. The Morgan fingerprint density at radius 1 is 1.13 bits per heavy atom. The molecule has 1 saturated carbocycles. The number of carbonyl (C=O) groups is 2. The van der Waals surface area contributed by atoms with Gasteiger partial charge in [0.15, 0.2) is 5.79 Å². The molecular weight excluding hydrogens is 402 g/mol. The Morgan fingerprint density at radius 2 is 1.87 bits per heavy atom. The van der Waals surface area contributed by atoms with Gasteiger partial charge in [0.25, 0.3) is 0 Å². The van der Waals surface area contributed by atoms with Gasteiger partial charge in [0, 0.05) is 36.2 Å². The number of ether oxygens (including phenoxy) is 2. The minimum absolute atomic E-state index is 0.0635. The summed E-state index contributed by atoms with van der Waals surface area (Å²) in [6.07, 6.45) is 6.04. The highest BCUT2D eigenvalue weighted by atomic mass is 32.1. The lowest BCUT2D eigenvalue weighted by atomic mass is 9.90. The molecule has 0 atom stereocenters. The average Bonchev–Trinajstić information content (AvgIpc) is 3.43. The molecule has 7 nitrogen and oxygen atoms in total. The van der Waals surface area contributed by atoms with Gasteiger partial charge in [-0.1, -0.05) is 6.07 Å². The van der Waals surface area contributed by atoms with Crippen LogP contribution in [0.25, 0.3) is 0 Å². The molecule has 8 heteroatoms. The lowest BCUT2D eigenvalue weighted by molar-refractivity contribution is -0.180. The first-order chi connectivity index (χ1) is 14.6. The molecule has 2 aliphatic heterocycles. The van der Waals surface area contributed by atoms with Crippen molar-refractivity contribution in [3.8, 4) is 0 Å². The normalized spacial score (nSPS) is 22.9. The summed E-state index contributed by atoms with van der Waals surface area (Å²) < 4.78 is 11.5. The zero-order valence-corrected chi connectivity index (χ0v) is 18.4. The zero-order chi connectivity index (χ0) is 20.8. The number of piperidine rings is 1. The van der Waals surface area contributed by atoms with Crippen molar-refractivity contribution in [1.29, 1.82) is 0 Å². The van der Waals surface area contributed by atoms with Crippen molar-refractivity contribution >= 4 is 23.2 Å². The third-order valence-electron chi connectivity index (χ3n) is 6.50. The van der Waals surface area contributed by atoms with Gasteiger partial charge in [-0.25, -0.2) is 0 Å². The van der Waals surface area contributed by atoms with Crippen LogP contribution >= 0.6 is 11.3 Å². The van der Waals surface area contributed by atoms with Gasteiger partial charge in [-0.2, -0.15) is 0 Å². The largest absolute Gasteiger partial charge is 0.355 e. The zero-order valence-electron chi connectivity index (χ0n) is 17.6. The van der Waals surface area contributed by atoms with Crippen molar-refractivity contribution in [2.75, 3.05) is 39.4 Å². The number of thiophene rings is 1. The number of carbonyl (C=O) groups excluding carboxylic acids is 2. The molecule has 30 heavy (non-hydrogen) atoms. The van der Waals surface area contributed by atoms with Gasteiger partial charge >= 0.3 is 0 Å². The van der Waals surface area contributed by atoms with E-state index in [4.69, 9.17) is 9.47 Å². The standard InChI is InChI=1S/C22H33N3O4S/c26-20(24-18-3-8-22(9-4-18)28-13-14-29-22)16-25-11-6-17(7-12-25)21(27)23-10-5-19-2-1-15-30-19/h1-2,15,17-18H,3-14,16H2,(H,23,27)(H,24,26). The van der Waals surface area contributed by atoms with Crippen LogP contribution in [0.1, 0.15) is 43.4 Å². The maximum atomic E-state index is 12.5. The third-order valence-corrected chi connectivity index (χ3v) is 7.44. The molecule has 0 unspecified atom stereocenters. The SMILES string of the molecule is O=C(CN1CCC(C(=O)NCCc2cccs2)CC1)NC1CCC2(CC1)OCCO2. The molecule has 1 aliphatic carbocycles. The van der Waals surface area contributed by atoms with E-state index in [1.807, 2.05) is 6.07 Å². The monoisotopic (exact) mass is 435 g/mol. The molecule has 3 aliphatic rings. The first kappa shape index (κ1) is 21.7. The number of nitrogens with one attached hydrogen (secondary N) is 2. The Hall–Kier alpha value is -1.48. The quantitative estimate of drug-likeness (QED) is 0.684. The molecule has 4 rings (SSSR count). The van der Waals surface area contributed by atoms with Crippen molar-refractivity contribution in [3.63, 3.8) is 0 Å². The molecule has 2 saturated heterocycles. The third kappa shape index (κ3) is 5.81. The Morgan fingerprint density at radius 3 is 2.53 bits per heavy atom. The summed E-state index contributed by atoms with van der Waals surface area (Å²) in [5, 5.41) is 8.31. The topological polar surface area (TPSA) is 79.9 Å². The van der Waals surface area contributed by atoms with E-state index in [1.54, 1.807) is 11.3 Å². The highest BCUT2D eigenvalue weighted by Crippen LogP contribution is 2.35. The minimum Gasteiger partial charge on any atom is -0.355 e. The van der Waals surface area contributed by atoms with Gasteiger partial charge in [0.05, 0.1) is 19.8 Å². The van der Waals surface area contributed by atoms with Crippen molar-refractivity contribution in [2.24, 2.45) is 5.92 Å². The van der Waals surface area contributed by atoms with E-state index in [0.717, 1.165) is 58.0 Å². The average molecular weight is 436 g/mol. The van der Waals surface area contributed by atoms with Gasteiger partial charge in [-0.15, -0.1) is 11.3 Å². The van der Waals surface area contributed by atoms with E-state index >= 15 is 0 Å². The molecule has 2 N–H and O–H groups in total. The fraction of sp³-hybridized carbons (Fsp3) is 0.727. The summed E-state index contributed by atoms with van der Waals surface area (Å²) in [6.45, 7) is 4.07. The molecule has 1 spiro atoms. The Bertz CT molecular complexity index is 687. The summed E-state index contributed by atoms with van der Waals surface area (Å²) in [6, 6.07) is 4.35. The first-order valence-corrected chi connectivity index (χ1v) is 12.1. The highest BCUT2D eigenvalue weighted by molar-refractivity contribution is 7.09.